The van der Waals surface area contributed by atoms with Crippen LogP contribution in [0.1, 0.15) is 17.0 Å². The number of halogens is 1. The van der Waals surface area contributed by atoms with Crippen LogP contribution < -0.4 is 15.4 Å². The lowest BCUT2D eigenvalue weighted by Gasteiger charge is -2.18. The molecular formula is C19H19BrN2O4. The van der Waals surface area contributed by atoms with Gasteiger partial charge in [0.1, 0.15) is 18.4 Å². The second-order valence-corrected chi connectivity index (χ2v) is 6.87. The Kier molecular flexibility index (Phi) is 5.78. The van der Waals surface area contributed by atoms with Gasteiger partial charge in [-0.15, -0.1) is 0 Å². The molecule has 1 heterocycles. The smallest absolute Gasteiger partial charge is 0.408 e. The Morgan fingerprint density at radius 1 is 1.19 bits per heavy atom. The Morgan fingerprint density at radius 2 is 1.88 bits per heavy atom. The fraction of sp³-hybridized carbons (Fsp3) is 0.263. The van der Waals surface area contributed by atoms with Crippen LogP contribution in [0, 0.1) is 0 Å². The largest absolute Gasteiger partial charge is 0.497 e. The maximum Gasteiger partial charge on any atom is 0.408 e. The predicted octanol–water partition coefficient (Wildman–Crippen LogP) is 2.97. The molecule has 0 aliphatic carbocycles. The first-order chi connectivity index (χ1) is 12.6. The number of alkyl carbamates (subject to hydrolysis) is 1. The minimum atomic E-state index is -0.653. The number of methoxy groups -OCH3 is 1. The minimum absolute atomic E-state index is 0.118. The normalized spacial score (nSPS) is 18.9. The molecule has 7 heteroatoms. The summed E-state index contributed by atoms with van der Waals surface area (Å²) in [6.07, 6.45) is -0.620. The van der Waals surface area contributed by atoms with Gasteiger partial charge in [-0.1, -0.05) is 40.2 Å². The van der Waals surface area contributed by atoms with Gasteiger partial charge in [-0.25, -0.2) is 4.79 Å². The Morgan fingerprint density at radius 3 is 2.54 bits per heavy atom. The number of nitrogens with one attached hydrogen (secondary N) is 2. The molecule has 2 aromatic carbocycles. The van der Waals surface area contributed by atoms with Gasteiger partial charge in [-0.3, -0.25) is 4.79 Å². The Bertz CT molecular complexity index is 777. The van der Waals surface area contributed by atoms with Gasteiger partial charge in [0.2, 0.25) is 5.91 Å². The van der Waals surface area contributed by atoms with Gasteiger partial charge in [0.15, 0.2) is 0 Å². The van der Waals surface area contributed by atoms with Crippen molar-refractivity contribution in [3.8, 4) is 5.75 Å². The summed E-state index contributed by atoms with van der Waals surface area (Å²) in [7, 11) is 1.59. The molecule has 2 N–H and O–H groups in total. The highest BCUT2D eigenvalue weighted by Crippen LogP contribution is 2.25. The summed E-state index contributed by atoms with van der Waals surface area (Å²) in [6, 6.07) is 14.3. The maximum atomic E-state index is 12.1. The molecule has 3 rings (SSSR count). The van der Waals surface area contributed by atoms with Crippen molar-refractivity contribution < 1.29 is 19.1 Å². The van der Waals surface area contributed by atoms with Crippen molar-refractivity contribution in [3.63, 3.8) is 0 Å². The number of hydrogen-bond donors (Lipinski definition) is 2. The molecule has 2 atom stereocenters. The second-order valence-electron chi connectivity index (χ2n) is 5.95. The van der Waals surface area contributed by atoms with E-state index in [4.69, 9.17) is 9.47 Å². The van der Waals surface area contributed by atoms with Crippen molar-refractivity contribution in [2.75, 3.05) is 13.7 Å². The topological polar surface area (TPSA) is 76.7 Å². The van der Waals surface area contributed by atoms with Crippen molar-refractivity contribution >= 4 is 27.9 Å². The van der Waals surface area contributed by atoms with Crippen LogP contribution in [-0.2, 0) is 16.1 Å². The van der Waals surface area contributed by atoms with Crippen LogP contribution in [-0.4, -0.2) is 31.7 Å². The van der Waals surface area contributed by atoms with E-state index in [2.05, 4.69) is 26.6 Å². The summed E-state index contributed by atoms with van der Waals surface area (Å²) in [5, 5.41) is 5.46. The van der Waals surface area contributed by atoms with Crippen LogP contribution in [0.25, 0.3) is 0 Å². The van der Waals surface area contributed by atoms with Gasteiger partial charge < -0.3 is 20.1 Å². The molecule has 2 aromatic rings. The van der Waals surface area contributed by atoms with Crippen LogP contribution in [0.2, 0.25) is 0 Å². The van der Waals surface area contributed by atoms with E-state index in [0.29, 0.717) is 6.54 Å². The first-order valence-electron chi connectivity index (χ1n) is 8.16. The van der Waals surface area contributed by atoms with Crippen molar-refractivity contribution in [2.24, 2.45) is 0 Å². The van der Waals surface area contributed by atoms with Crippen molar-refractivity contribution in [1.29, 1.82) is 0 Å². The van der Waals surface area contributed by atoms with E-state index < -0.39 is 12.1 Å². The van der Waals surface area contributed by atoms with Gasteiger partial charge in [-0.2, -0.15) is 0 Å². The molecule has 1 aliphatic heterocycles. The third-order valence-corrected chi connectivity index (χ3v) is 4.81. The molecule has 0 saturated carbocycles. The van der Waals surface area contributed by atoms with Crippen LogP contribution in [0.15, 0.2) is 53.0 Å². The fourth-order valence-corrected chi connectivity index (χ4v) is 3.11. The monoisotopic (exact) mass is 418 g/mol. The van der Waals surface area contributed by atoms with E-state index in [1.807, 2.05) is 36.4 Å². The van der Waals surface area contributed by atoms with E-state index in [-0.39, 0.29) is 18.4 Å². The molecular weight excluding hydrogens is 400 g/mol. The molecule has 1 aliphatic rings. The van der Waals surface area contributed by atoms with Crippen molar-refractivity contribution in [1.82, 2.24) is 10.6 Å². The second kappa shape index (κ2) is 8.23. The number of rotatable bonds is 5. The number of hydrogen-bond acceptors (Lipinski definition) is 4. The zero-order valence-corrected chi connectivity index (χ0v) is 15.8. The van der Waals surface area contributed by atoms with Crippen molar-refractivity contribution in [2.45, 2.75) is 18.6 Å². The predicted molar refractivity (Wildman–Crippen MR) is 100.0 cm³/mol. The Balaban J connectivity index is 1.59. The summed E-state index contributed by atoms with van der Waals surface area (Å²) in [5.74, 6) is 0.390. The molecule has 136 valence electrons. The molecule has 0 aromatic heterocycles. The molecule has 6 nitrogen and oxygen atoms in total. The highest BCUT2D eigenvalue weighted by molar-refractivity contribution is 9.10. The summed E-state index contributed by atoms with van der Waals surface area (Å²) in [6.45, 7) is 0.594. The van der Waals surface area contributed by atoms with Crippen molar-refractivity contribution in [3.05, 3.63) is 64.1 Å². The van der Waals surface area contributed by atoms with E-state index in [1.54, 1.807) is 19.2 Å². The molecule has 1 saturated heterocycles. The van der Waals surface area contributed by atoms with E-state index >= 15 is 0 Å². The Labute approximate surface area is 160 Å². The molecule has 0 bridgehead atoms. The summed E-state index contributed by atoms with van der Waals surface area (Å²) in [4.78, 5) is 24.2. The summed E-state index contributed by atoms with van der Waals surface area (Å²) in [5.41, 5.74) is 1.81. The standard InChI is InChI=1S/C19H19BrN2O4/c1-25-15-8-2-12(3-9-15)11-26-19(24)22-17-16(10-21-18(17)23)13-4-6-14(20)7-5-13/h2-9,16-17H,10-11H2,1H3,(H,21,23)(H,22,24)/t16-,17-/m0/s1. The third kappa shape index (κ3) is 4.35. The zero-order chi connectivity index (χ0) is 18.5. The zero-order valence-electron chi connectivity index (χ0n) is 14.2. The lowest BCUT2D eigenvalue weighted by atomic mass is 9.94. The highest BCUT2D eigenvalue weighted by atomic mass is 79.9. The molecule has 0 spiro atoms. The lowest BCUT2D eigenvalue weighted by molar-refractivity contribution is -0.120. The first kappa shape index (κ1) is 18.3. The molecule has 0 radical (unpaired) electrons. The summed E-state index contributed by atoms with van der Waals surface area (Å²) >= 11 is 3.39. The number of carbonyl (C=O) groups excluding carboxylic acids is 2. The molecule has 1 fully saturated rings. The van der Waals surface area contributed by atoms with Crippen LogP contribution in [0.5, 0.6) is 5.75 Å². The summed E-state index contributed by atoms with van der Waals surface area (Å²) < 4.78 is 11.3. The van der Waals surface area contributed by atoms with E-state index in [0.717, 1.165) is 21.3 Å². The van der Waals surface area contributed by atoms with Gasteiger partial charge in [0.25, 0.3) is 0 Å². The average Bonchev–Trinajstić information content (AvgIpc) is 3.01. The van der Waals surface area contributed by atoms with Crippen LogP contribution >= 0.6 is 15.9 Å². The fourth-order valence-electron chi connectivity index (χ4n) is 2.85. The lowest BCUT2D eigenvalue weighted by Crippen LogP contribution is -2.43. The van der Waals surface area contributed by atoms with Gasteiger partial charge >= 0.3 is 6.09 Å². The van der Waals surface area contributed by atoms with Gasteiger partial charge in [-0.05, 0) is 35.4 Å². The molecule has 2 amide bonds. The quantitative estimate of drug-likeness (QED) is 0.782. The number of benzene rings is 2. The Hall–Kier alpha value is -2.54. The van der Waals surface area contributed by atoms with Gasteiger partial charge in [0, 0.05) is 16.9 Å². The molecule has 0 unspecified atom stereocenters. The first-order valence-corrected chi connectivity index (χ1v) is 8.95. The van der Waals surface area contributed by atoms with Crippen LogP contribution in [0.3, 0.4) is 0 Å². The van der Waals surface area contributed by atoms with Gasteiger partial charge in [0.05, 0.1) is 7.11 Å². The van der Waals surface area contributed by atoms with Crippen LogP contribution in [0.4, 0.5) is 4.79 Å². The number of carbonyl (C=O) groups is 2. The minimum Gasteiger partial charge on any atom is -0.497 e. The highest BCUT2D eigenvalue weighted by Gasteiger charge is 2.37. The molecule has 26 heavy (non-hydrogen) atoms. The van der Waals surface area contributed by atoms with E-state index in [1.165, 1.54) is 0 Å². The van der Waals surface area contributed by atoms with E-state index in [9.17, 15) is 9.59 Å². The third-order valence-electron chi connectivity index (χ3n) is 4.28. The maximum absolute atomic E-state index is 12.1. The SMILES string of the molecule is COc1ccc(COC(=O)N[C@@H]2C(=O)NC[C@H]2c2ccc(Br)cc2)cc1. The average molecular weight is 419 g/mol. The number of amides is 2. The number of ether oxygens (including phenoxy) is 2.